The number of carboxylic acid groups (broad SMARTS) is 1. The number of benzene rings is 2. The van der Waals surface area contributed by atoms with Gasteiger partial charge >= 0.3 is 27.1 Å². The van der Waals surface area contributed by atoms with Gasteiger partial charge in [0.2, 0.25) is 5.91 Å². The van der Waals surface area contributed by atoms with Crippen molar-refractivity contribution in [3.05, 3.63) is 70.8 Å². The molecule has 6 atom stereocenters. The largest absolute Gasteiger partial charge is 0.481 e. The van der Waals surface area contributed by atoms with Gasteiger partial charge in [-0.1, -0.05) is 42.5 Å². The third-order valence-electron chi connectivity index (χ3n) is 6.40. The van der Waals surface area contributed by atoms with Crippen molar-refractivity contribution < 1.29 is 57.4 Å². The first-order valence-electron chi connectivity index (χ1n) is 12.8. The van der Waals surface area contributed by atoms with Gasteiger partial charge in [0, 0.05) is 12.6 Å². The number of amides is 1. The van der Waals surface area contributed by atoms with Crippen LogP contribution in [0.25, 0.3) is 10.8 Å². The van der Waals surface area contributed by atoms with E-state index in [1.807, 2.05) is 42.5 Å². The predicted molar refractivity (Wildman–Crippen MR) is 149 cm³/mol. The summed E-state index contributed by atoms with van der Waals surface area (Å²) >= 11 is 0. The standard InChI is InChI=1S/C25H29N3O13P2/c29-20(13-16-7-3-6-15-5-1-2-8-17(15)16)26-19-10-11-28(25(34)27-19)24-23(33)22(32)18(40-24)14-39-43(37,38)41-42(35,36)12-4-9-21(30)31/h1-3,5-8,10-11,18,22-24,32-33H,4,9,12-14H2,(H,30,31)(H,35,36)(H,37,38)(H,26,27,29,34)/t18-,22+,23?,24-/m1/s1. The van der Waals surface area contributed by atoms with Crippen molar-refractivity contribution in [2.45, 2.75) is 43.8 Å². The van der Waals surface area contributed by atoms with Crippen LogP contribution in [0.2, 0.25) is 0 Å². The maximum atomic E-state index is 12.7. The summed E-state index contributed by atoms with van der Waals surface area (Å²) in [5.74, 6) is -1.75. The Morgan fingerprint density at radius 1 is 1.05 bits per heavy atom. The van der Waals surface area contributed by atoms with Crippen LogP contribution in [0.15, 0.2) is 59.5 Å². The van der Waals surface area contributed by atoms with E-state index in [0.717, 1.165) is 27.1 Å². The van der Waals surface area contributed by atoms with E-state index >= 15 is 0 Å². The minimum Gasteiger partial charge on any atom is -0.481 e. The first-order chi connectivity index (χ1) is 20.2. The molecule has 1 fully saturated rings. The number of ether oxygens (including phenoxy) is 1. The molecule has 0 aliphatic carbocycles. The van der Waals surface area contributed by atoms with Crippen LogP contribution < -0.4 is 11.0 Å². The molecule has 18 heteroatoms. The van der Waals surface area contributed by atoms with Gasteiger partial charge in [-0.05, 0) is 28.8 Å². The summed E-state index contributed by atoms with van der Waals surface area (Å²) in [4.78, 5) is 59.2. The highest BCUT2D eigenvalue weighted by Crippen LogP contribution is 2.60. The highest BCUT2D eigenvalue weighted by molar-refractivity contribution is 7.64. The van der Waals surface area contributed by atoms with Crippen molar-refractivity contribution in [1.29, 1.82) is 0 Å². The molecule has 1 saturated heterocycles. The molecule has 0 bridgehead atoms. The molecular weight excluding hydrogens is 612 g/mol. The lowest BCUT2D eigenvalue weighted by Crippen LogP contribution is -2.36. The number of anilines is 1. The lowest BCUT2D eigenvalue weighted by atomic mass is 10.0. The van der Waals surface area contributed by atoms with Crippen LogP contribution in [0.4, 0.5) is 5.82 Å². The number of fused-ring (bicyclic) bond motifs is 1. The first-order valence-corrected chi connectivity index (χ1v) is 16.1. The lowest BCUT2D eigenvalue weighted by molar-refractivity contribution is -0.137. The minimum atomic E-state index is -5.19. The van der Waals surface area contributed by atoms with E-state index < -0.39 is 76.7 Å². The number of nitrogens with zero attached hydrogens (tertiary/aromatic N) is 2. The maximum Gasteiger partial charge on any atom is 0.479 e. The smallest absolute Gasteiger partial charge is 0.479 e. The van der Waals surface area contributed by atoms with Crippen molar-refractivity contribution in [2.24, 2.45) is 0 Å². The third-order valence-corrected chi connectivity index (χ3v) is 9.61. The number of aromatic nitrogens is 2. The average Bonchev–Trinajstić information content (AvgIpc) is 3.20. The summed E-state index contributed by atoms with van der Waals surface area (Å²) < 4.78 is 39.3. The van der Waals surface area contributed by atoms with E-state index in [2.05, 4.69) is 19.1 Å². The number of hydrogen-bond acceptors (Lipinski definition) is 11. The summed E-state index contributed by atoms with van der Waals surface area (Å²) in [6.07, 6.45) is -6.79. The number of rotatable bonds is 13. The zero-order chi connectivity index (χ0) is 31.4. The van der Waals surface area contributed by atoms with Gasteiger partial charge in [-0.2, -0.15) is 4.98 Å². The van der Waals surface area contributed by atoms with E-state index in [0.29, 0.717) is 0 Å². The molecule has 1 aliphatic heterocycles. The fraction of sp³-hybridized carbons (Fsp3) is 0.360. The molecule has 1 aromatic heterocycles. The zero-order valence-electron chi connectivity index (χ0n) is 22.3. The molecule has 1 amide bonds. The number of phosphoric ester groups is 1. The number of aliphatic hydroxyl groups is 2. The summed E-state index contributed by atoms with van der Waals surface area (Å²) in [5, 5.41) is 33.8. The van der Waals surface area contributed by atoms with Gasteiger partial charge in [-0.3, -0.25) is 23.2 Å². The van der Waals surface area contributed by atoms with Crippen LogP contribution in [-0.4, -0.2) is 77.6 Å². The number of nitrogens with one attached hydrogen (secondary N) is 1. The van der Waals surface area contributed by atoms with Crippen LogP contribution in [0.5, 0.6) is 0 Å². The van der Waals surface area contributed by atoms with Crippen molar-refractivity contribution in [1.82, 2.24) is 9.55 Å². The zero-order valence-corrected chi connectivity index (χ0v) is 24.1. The van der Waals surface area contributed by atoms with Gasteiger partial charge in [0.1, 0.15) is 24.1 Å². The highest BCUT2D eigenvalue weighted by atomic mass is 31.3. The topological polar surface area (TPSA) is 244 Å². The maximum absolute atomic E-state index is 12.7. The number of carboxylic acids is 1. The van der Waals surface area contributed by atoms with E-state index in [-0.39, 0.29) is 18.7 Å². The Balaban J connectivity index is 1.35. The van der Waals surface area contributed by atoms with E-state index in [1.165, 1.54) is 6.07 Å². The third kappa shape index (κ3) is 8.63. The molecule has 3 aromatic rings. The second-order valence-electron chi connectivity index (χ2n) is 9.62. The van der Waals surface area contributed by atoms with Crippen molar-refractivity contribution in [2.75, 3.05) is 18.1 Å². The Kier molecular flexibility index (Phi) is 10.3. The molecule has 3 unspecified atom stereocenters. The molecule has 232 valence electrons. The summed E-state index contributed by atoms with van der Waals surface area (Å²) in [7, 11) is -9.90. The predicted octanol–water partition coefficient (Wildman–Crippen LogP) is 1.38. The molecule has 0 spiro atoms. The summed E-state index contributed by atoms with van der Waals surface area (Å²) in [5.41, 5.74) is -0.189. The lowest BCUT2D eigenvalue weighted by Gasteiger charge is -2.19. The van der Waals surface area contributed by atoms with Crippen LogP contribution in [0.3, 0.4) is 0 Å². The summed E-state index contributed by atoms with van der Waals surface area (Å²) in [6.45, 7) is -0.901. The fourth-order valence-corrected chi connectivity index (χ4v) is 7.10. The van der Waals surface area contributed by atoms with Crippen LogP contribution in [0.1, 0.15) is 24.6 Å². The van der Waals surface area contributed by atoms with Gasteiger partial charge < -0.3 is 35.2 Å². The van der Waals surface area contributed by atoms with Crippen molar-refractivity contribution in [3.63, 3.8) is 0 Å². The highest BCUT2D eigenvalue weighted by Gasteiger charge is 2.46. The van der Waals surface area contributed by atoms with Gasteiger partial charge in [0.05, 0.1) is 19.2 Å². The average molecular weight is 641 g/mol. The molecule has 2 aromatic carbocycles. The normalized spacial score (nSPS) is 23.0. The molecule has 0 saturated carbocycles. The molecule has 1 aliphatic rings. The number of aliphatic hydroxyl groups excluding tert-OH is 2. The molecule has 4 rings (SSSR count). The molecule has 0 radical (unpaired) electrons. The molecule has 16 nitrogen and oxygen atoms in total. The Morgan fingerprint density at radius 2 is 1.77 bits per heavy atom. The van der Waals surface area contributed by atoms with Gasteiger partial charge in [-0.25, -0.2) is 13.7 Å². The Labute approximate surface area is 243 Å². The van der Waals surface area contributed by atoms with Gasteiger partial charge in [0.25, 0.3) is 0 Å². The second kappa shape index (κ2) is 13.6. The second-order valence-corrected chi connectivity index (χ2v) is 13.2. The fourth-order valence-electron chi connectivity index (χ4n) is 4.40. The number of carbonyl (C=O) groups excluding carboxylic acids is 1. The minimum absolute atomic E-state index is 0.0109. The first kappa shape index (κ1) is 32.6. The van der Waals surface area contributed by atoms with Crippen LogP contribution >= 0.6 is 15.4 Å². The monoisotopic (exact) mass is 641 g/mol. The van der Waals surface area contributed by atoms with E-state index in [4.69, 9.17) is 9.84 Å². The van der Waals surface area contributed by atoms with Crippen molar-refractivity contribution >= 4 is 43.9 Å². The van der Waals surface area contributed by atoms with Crippen molar-refractivity contribution in [3.8, 4) is 0 Å². The molecule has 43 heavy (non-hydrogen) atoms. The number of phosphoric acid groups is 1. The molecular formula is C25H29N3O13P2. The Morgan fingerprint density at radius 3 is 2.49 bits per heavy atom. The van der Waals surface area contributed by atoms with Gasteiger partial charge in [-0.15, -0.1) is 0 Å². The molecule has 6 N–H and O–H groups in total. The number of aliphatic carboxylic acids is 1. The number of carbonyl (C=O) groups is 2. The molecule has 2 heterocycles. The Hall–Kier alpha value is -3.30. The Bertz CT molecular complexity index is 1640. The van der Waals surface area contributed by atoms with E-state index in [1.54, 1.807) is 0 Å². The summed E-state index contributed by atoms with van der Waals surface area (Å²) in [6, 6.07) is 14.4. The number of hydrogen-bond donors (Lipinski definition) is 6. The van der Waals surface area contributed by atoms with Crippen LogP contribution in [0, 0.1) is 0 Å². The quantitative estimate of drug-likeness (QED) is 0.145. The SMILES string of the molecule is O=C(O)CCCP(=O)(O)OP(=O)(O)OC[C@H]1O[C@@H](n2ccc(NC(=O)Cc3cccc4ccccc34)nc2=O)C(O)[C@H]1O. The van der Waals surface area contributed by atoms with Gasteiger partial charge in [0.15, 0.2) is 6.23 Å². The van der Waals surface area contributed by atoms with E-state index in [9.17, 15) is 43.5 Å². The van der Waals surface area contributed by atoms with Crippen LogP contribution in [-0.2, 0) is 38.7 Å².